The first kappa shape index (κ1) is 15.0. The van der Waals surface area contributed by atoms with Gasteiger partial charge in [0.05, 0.1) is 11.7 Å². The van der Waals surface area contributed by atoms with Crippen LogP contribution < -0.4 is 0 Å². The Morgan fingerprint density at radius 1 is 1.12 bits per heavy atom. The Balaban J connectivity index is 2.76. The van der Waals surface area contributed by atoms with Crippen LogP contribution in [-0.4, -0.2) is 23.9 Å². The molecule has 1 aliphatic rings. The van der Waals surface area contributed by atoms with E-state index in [-0.39, 0.29) is 11.7 Å². The fraction of sp³-hybridized carbons (Fsp3) is 1.00. The molecule has 0 aromatic carbocycles. The molecule has 3 atom stereocenters. The molecule has 1 N–H and O–H groups in total. The van der Waals surface area contributed by atoms with E-state index in [9.17, 15) is 5.11 Å². The second-order valence-electron chi connectivity index (χ2n) is 6.10. The van der Waals surface area contributed by atoms with Crippen LogP contribution in [0.1, 0.15) is 59.8 Å². The summed E-state index contributed by atoms with van der Waals surface area (Å²) in [5.74, 6) is 1.89. The van der Waals surface area contributed by atoms with Crippen LogP contribution in [0, 0.1) is 17.8 Å². The van der Waals surface area contributed by atoms with Gasteiger partial charge in [0.1, 0.15) is 0 Å². The summed E-state index contributed by atoms with van der Waals surface area (Å²) in [6.45, 7) is 8.85. The number of aliphatic hydroxyl groups is 1. The molecular weight excluding hydrogens is 212 g/mol. The van der Waals surface area contributed by atoms with Crippen molar-refractivity contribution in [3.8, 4) is 0 Å². The van der Waals surface area contributed by atoms with Crippen molar-refractivity contribution in [1.82, 2.24) is 0 Å². The third-order valence-corrected chi connectivity index (χ3v) is 4.80. The van der Waals surface area contributed by atoms with E-state index in [1.807, 2.05) is 0 Å². The van der Waals surface area contributed by atoms with Gasteiger partial charge in [-0.3, -0.25) is 0 Å². The van der Waals surface area contributed by atoms with E-state index in [1.165, 1.54) is 6.42 Å². The topological polar surface area (TPSA) is 29.5 Å². The molecule has 2 heteroatoms. The molecule has 0 radical (unpaired) electrons. The smallest absolute Gasteiger partial charge is 0.0933 e. The lowest BCUT2D eigenvalue weighted by molar-refractivity contribution is -0.137. The lowest BCUT2D eigenvalue weighted by Gasteiger charge is -2.43. The maximum absolute atomic E-state index is 10.7. The van der Waals surface area contributed by atoms with E-state index in [1.54, 1.807) is 7.11 Å². The first-order valence-electron chi connectivity index (χ1n) is 7.22. The summed E-state index contributed by atoms with van der Waals surface area (Å²) in [6, 6.07) is 0. The van der Waals surface area contributed by atoms with E-state index < -0.39 is 0 Å². The maximum atomic E-state index is 10.7. The Morgan fingerprint density at radius 2 is 1.59 bits per heavy atom. The summed E-state index contributed by atoms with van der Waals surface area (Å²) in [6.07, 6.45) is 5.07. The number of aliphatic hydroxyl groups excluding tert-OH is 1. The summed E-state index contributed by atoms with van der Waals surface area (Å²) < 4.78 is 5.67. The van der Waals surface area contributed by atoms with Gasteiger partial charge in [-0.25, -0.2) is 0 Å². The van der Waals surface area contributed by atoms with Crippen LogP contribution in [0.25, 0.3) is 0 Å². The Bertz CT molecular complexity index is 205. The molecule has 17 heavy (non-hydrogen) atoms. The fourth-order valence-corrected chi connectivity index (χ4v) is 3.77. The molecule has 1 fully saturated rings. The molecule has 0 bridgehead atoms. The summed E-state index contributed by atoms with van der Waals surface area (Å²) in [4.78, 5) is 0. The lowest BCUT2D eigenvalue weighted by Crippen LogP contribution is -2.49. The highest BCUT2D eigenvalue weighted by molar-refractivity contribution is 4.92. The van der Waals surface area contributed by atoms with Gasteiger partial charge in [-0.2, -0.15) is 0 Å². The van der Waals surface area contributed by atoms with Gasteiger partial charge in [-0.05, 0) is 49.9 Å². The average Bonchev–Trinajstić information content (AvgIpc) is 2.30. The van der Waals surface area contributed by atoms with Crippen molar-refractivity contribution >= 4 is 0 Å². The molecule has 3 unspecified atom stereocenters. The second kappa shape index (κ2) is 6.19. The molecule has 1 aliphatic carbocycles. The summed E-state index contributed by atoms with van der Waals surface area (Å²) >= 11 is 0. The van der Waals surface area contributed by atoms with Gasteiger partial charge in [0, 0.05) is 7.11 Å². The van der Waals surface area contributed by atoms with E-state index >= 15 is 0 Å². The number of methoxy groups -OCH3 is 1. The lowest BCUT2D eigenvalue weighted by atomic mass is 9.70. The second-order valence-corrected chi connectivity index (χ2v) is 6.10. The van der Waals surface area contributed by atoms with Gasteiger partial charge >= 0.3 is 0 Å². The molecule has 0 saturated heterocycles. The molecule has 1 saturated carbocycles. The summed E-state index contributed by atoms with van der Waals surface area (Å²) in [5, 5.41) is 10.7. The van der Waals surface area contributed by atoms with Gasteiger partial charge < -0.3 is 9.84 Å². The fourth-order valence-electron chi connectivity index (χ4n) is 3.77. The van der Waals surface area contributed by atoms with E-state index in [0.717, 1.165) is 37.5 Å². The molecule has 0 amide bonds. The number of rotatable bonds is 5. The maximum Gasteiger partial charge on any atom is 0.0933 e. The minimum absolute atomic E-state index is 0.312. The third kappa shape index (κ3) is 3.23. The first-order chi connectivity index (χ1) is 7.99. The van der Waals surface area contributed by atoms with Gasteiger partial charge in [0.25, 0.3) is 0 Å². The highest BCUT2D eigenvalue weighted by atomic mass is 16.5. The number of ether oxygens (including phenoxy) is 1. The Morgan fingerprint density at radius 3 is 1.94 bits per heavy atom. The summed E-state index contributed by atoms with van der Waals surface area (Å²) in [7, 11) is 1.74. The molecule has 2 nitrogen and oxygen atoms in total. The van der Waals surface area contributed by atoms with Crippen molar-refractivity contribution in [2.24, 2.45) is 17.8 Å². The average molecular weight is 242 g/mol. The van der Waals surface area contributed by atoms with Crippen LogP contribution in [-0.2, 0) is 4.74 Å². The molecule has 0 spiro atoms. The minimum Gasteiger partial charge on any atom is -0.390 e. The molecule has 0 heterocycles. The summed E-state index contributed by atoms with van der Waals surface area (Å²) in [5.41, 5.74) is -0.332. The van der Waals surface area contributed by atoms with E-state index in [2.05, 4.69) is 27.7 Å². The molecule has 1 rings (SSSR count). The van der Waals surface area contributed by atoms with Crippen molar-refractivity contribution in [2.45, 2.75) is 71.5 Å². The molecule has 0 aliphatic heterocycles. The number of hydrogen-bond donors (Lipinski definition) is 1. The van der Waals surface area contributed by atoms with Gasteiger partial charge in [0.15, 0.2) is 0 Å². The zero-order chi connectivity index (χ0) is 13.1. The van der Waals surface area contributed by atoms with Crippen LogP contribution >= 0.6 is 0 Å². The predicted octanol–water partition coefficient (Wildman–Crippen LogP) is 3.62. The van der Waals surface area contributed by atoms with Crippen LogP contribution in [0.4, 0.5) is 0 Å². The normalized spacial score (nSPS) is 32.5. The van der Waals surface area contributed by atoms with Gasteiger partial charge in [-0.1, -0.05) is 27.7 Å². The molecule has 0 aromatic rings. The van der Waals surface area contributed by atoms with Crippen LogP contribution in [0.2, 0.25) is 0 Å². The SMILES string of the molecule is CCC(CC)(OC)C(O)C1CC(C)CC(C)C1. The van der Waals surface area contributed by atoms with Gasteiger partial charge in [-0.15, -0.1) is 0 Å². The largest absolute Gasteiger partial charge is 0.390 e. The Hall–Kier alpha value is -0.0800. The standard InChI is InChI=1S/C15H30O2/c1-6-15(7-2,17-5)14(16)13-9-11(3)8-12(4)10-13/h11-14,16H,6-10H2,1-5H3. The van der Waals surface area contributed by atoms with Crippen molar-refractivity contribution in [2.75, 3.05) is 7.11 Å². The number of hydrogen-bond acceptors (Lipinski definition) is 2. The van der Waals surface area contributed by atoms with Crippen molar-refractivity contribution < 1.29 is 9.84 Å². The molecule has 102 valence electrons. The zero-order valence-electron chi connectivity index (χ0n) is 12.2. The minimum atomic E-state index is -0.332. The quantitative estimate of drug-likeness (QED) is 0.798. The highest BCUT2D eigenvalue weighted by Crippen LogP contribution is 2.40. The first-order valence-corrected chi connectivity index (χ1v) is 7.22. The molecule has 0 aromatic heterocycles. The predicted molar refractivity (Wildman–Crippen MR) is 72.0 cm³/mol. The monoisotopic (exact) mass is 242 g/mol. The van der Waals surface area contributed by atoms with Crippen LogP contribution in [0.3, 0.4) is 0 Å². The van der Waals surface area contributed by atoms with Crippen molar-refractivity contribution in [3.63, 3.8) is 0 Å². The van der Waals surface area contributed by atoms with E-state index in [4.69, 9.17) is 4.74 Å². The molecular formula is C15H30O2. The van der Waals surface area contributed by atoms with Crippen molar-refractivity contribution in [3.05, 3.63) is 0 Å². The Kier molecular flexibility index (Phi) is 5.46. The zero-order valence-corrected chi connectivity index (χ0v) is 12.2. The van der Waals surface area contributed by atoms with Gasteiger partial charge in [0.2, 0.25) is 0 Å². The van der Waals surface area contributed by atoms with Crippen LogP contribution in [0.5, 0.6) is 0 Å². The third-order valence-electron chi connectivity index (χ3n) is 4.80. The Labute approximate surface area is 107 Å². The van der Waals surface area contributed by atoms with Crippen molar-refractivity contribution in [1.29, 1.82) is 0 Å². The van der Waals surface area contributed by atoms with E-state index in [0.29, 0.717) is 5.92 Å². The highest BCUT2D eigenvalue weighted by Gasteiger charge is 2.41. The van der Waals surface area contributed by atoms with Crippen LogP contribution in [0.15, 0.2) is 0 Å².